The van der Waals surface area contributed by atoms with E-state index in [1.807, 2.05) is 0 Å². The summed E-state index contributed by atoms with van der Waals surface area (Å²) in [7, 11) is 1.22. The number of para-hydroxylation sites is 1. The van der Waals surface area contributed by atoms with Crippen molar-refractivity contribution in [3.63, 3.8) is 0 Å². The number of benzene rings is 3. The van der Waals surface area contributed by atoms with E-state index >= 15 is 0 Å². The Morgan fingerprint density at radius 3 is 2.15 bits per heavy atom. The molecule has 0 spiro atoms. The summed E-state index contributed by atoms with van der Waals surface area (Å²) in [5, 5.41) is 13.3. The first-order chi connectivity index (χ1) is 22.4. The number of hydrogen-bond acceptors (Lipinski definition) is 12. The molecule has 2 amide bonds. The number of esters is 3. The maximum Gasteiger partial charge on any atom is 0.413 e. The molecule has 0 saturated carbocycles. The predicted molar refractivity (Wildman–Crippen MR) is 165 cm³/mol. The molecule has 3 aromatic carbocycles. The second-order valence-electron chi connectivity index (χ2n) is 9.67. The topological polar surface area (TPSA) is 196 Å². The molecule has 3 N–H and O–H groups in total. The van der Waals surface area contributed by atoms with Crippen molar-refractivity contribution in [2.45, 2.75) is 32.4 Å². The standard InChI is InChI=1S/C33H33N3O11/c1-5-43-27(38)19-44-24-17-15-22(16-18-24)28(39)20(2)36-31(41)33(23-11-7-6-8-12-23,30(34)46-32(42)35-4)47-29(40)25-13-9-10-14-26(25)45-21(3)37/h6-18,20,34H,5,19H2,1-4H3,(H,35,42)(H,36,41). The van der Waals surface area contributed by atoms with Crippen molar-refractivity contribution in [3.8, 4) is 11.5 Å². The zero-order valence-corrected chi connectivity index (χ0v) is 26.0. The van der Waals surface area contributed by atoms with Gasteiger partial charge in [0.05, 0.1) is 12.6 Å². The van der Waals surface area contributed by atoms with Crippen molar-refractivity contribution in [1.29, 1.82) is 5.41 Å². The summed E-state index contributed by atoms with van der Waals surface area (Å²) in [6.07, 6.45) is -1.14. The number of carbonyl (C=O) groups excluding carboxylic acids is 6. The fourth-order valence-electron chi connectivity index (χ4n) is 4.15. The normalized spacial score (nSPS) is 12.3. The zero-order valence-electron chi connectivity index (χ0n) is 26.0. The number of hydrogen-bond donors (Lipinski definition) is 3. The van der Waals surface area contributed by atoms with E-state index in [1.165, 1.54) is 86.8 Å². The van der Waals surface area contributed by atoms with Crippen molar-refractivity contribution in [2.75, 3.05) is 20.3 Å². The van der Waals surface area contributed by atoms with Crippen molar-refractivity contribution in [3.05, 3.63) is 95.6 Å². The fraction of sp³-hybridized carbons (Fsp3) is 0.242. The van der Waals surface area contributed by atoms with Crippen LogP contribution in [0.15, 0.2) is 78.9 Å². The number of ketones is 1. The molecule has 0 fully saturated rings. The monoisotopic (exact) mass is 647 g/mol. The zero-order chi connectivity index (χ0) is 34.6. The van der Waals surface area contributed by atoms with Gasteiger partial charge in [-0.05, 0) is 50.2 Å². The highest BCUT2D eigenvalue weighted by Crippen LogP contribution is 2.32. The third kappa shape index (κ3) is 9.00. The van der Waals surface area contributed by atoms with Crippen LogP contribution < -0.4 is 20.1 Å². The van der Waals surface area contributed by atoms with Crippen molar-refractivity contribution < 1.29 is 52.5 Å². The van der Waals surface area contributed by atoms with Crippen LogP contribution in [0.1, 0.15) is 47.1 Å². The fourth-order valence-corrected chi connectivity index (χ4v) is 4.15. The van der Waals surface area contributed by atoms with Gasteiger partial charge in [0.15, 0.2) is 12.4 Å². The van der Waals surface area contributed by atoms with Crippen molar-refractivity contribution in [1.82, 2.24) is 10.6 Å². The molecule has 0 aromatic heterocycles. The lowest BCUT2D eigenvalue weighted by Gasteiger charge is -2.32. The maximum absolute atomic E-state index is 14.2. The molecule has 14 heteroatoms. The van der Waals surface area contributed by atoms with Crippen LogP contribution in [0.4, 0.5) is 4.79 Å². The lowest BCUT2D eigenvalue weighted by atomic mass is 9.91. The van der Waals surface area contributed by atoms with Crippen LogP contribution in [0.5, 0.6) is 11.5 Å². The first-order valence-corrected chi connectivity index (χ1v) is 14.2. The molecule has 246 valence electrons. The third-order valence-electron chi connectivity index (χ3n) is 6.37. The minimum absolute atomic E-state index is 0.104. The molecule has 2 unspecified atom stereocenters. The van der Waals surface area contributed by atoms with Crippen LogP contribution in [-0.2, 0) is 34.2 Å². The predicted octanol–water partition coefficient (Wildman–Crippen LogP) is 3.33. The van der Waals surface area contributed by atoms with Crippen molar-refractivity contribution >= 4 is 41.6 Å². The number of amides is 2. The number of carbonyl (C=O) groups is 6. The van der Waals surface area contributed by atoms with Gasteiger partial charge in [-0.15, -0.1) is 0 Å². The van der Waals surface area contributed by atoms with Crippen LogP contribution in [0.2, 0.25) is 0 Å². The lowest BCUT2D eigenvalue weighted by Crippen LogP contribution is -2.57. The van der Waals surface area contributed by atoms with E-state index in [1.54, 1.807) is 13.0 Å². The van der Waals surface area contributed by atoms with Crippen LogP contribution in [0.3, 0.4) is 0 Å². The molecule has 0 aliphatic heterocycles. The summed E-state index contributed by atoms with van der Waals surface area (Å²) in [6, 6.07) is 17.3. The quantitative estimate of drug-likeness (QED) is 0.0615. The third-order valence-corrected chi connectivity index (χ3v) is 6.37. The summed E-state index contributed by atoms with van der Waals surface area (Å²) in [6.45, 7) is 4.02. The highest BCUT2D eigenvalue weighted by molar-refractivity contribution is 6.14. The molecule has 0 aliphatic rings. The molecule has 0 bridgehead atoms. The second-order valence-corrected chi connectivity index (χ2v) is 9.67. The number of rotatable bonds is 13. The number of Topliss-reactive ketones (excluding diaryl/α,β-unsaturated/α-hetero) is 1. The van der Waals surface area contributed by atoms with Crippen LogP contribution in [0.25, 0.3) is 0 Å². The first kappa shape index (κ1) is 35.4. The molecule has 47 heavy (non-hydrogen) atoms. The van der Waals surface area contributed by atoms with Gasteiger partial charge in [-0.25, -0.2) is 14.4 Å². The largest absolute Gasteiger partial charge is 0.482 e. The van der Waals surface area contributed by atoms with Gasteiger partial charge < -0.3 is 34.3 Å². The Morgan fingerprint density at radius 1 is 0.894 bits per heavy atom. The maximum atomic E-state index is 14.2. The van der Waals surface area contributed by atoms with E-state index in [2.05, 4.69) is 10.6 Å². The Bertz CT molecular complexity index is 1640. The second kappa shape index (κ2) is 16.3. The van der Waals surface area contributed by atoms with Gasteiger partial charge in [-0.2, -0.15) is 0 Å². The average molecular weight is 648 g/mol. The highest BCUT2D eigenvalue weighted by atomic mass is 16.6. The van der Waals surface area contributed by atoms with Gasteiger partial charge in [0.25, 0.3) is 17.4 Å². The molecule has 3 aromatic rings. The summed E-state index contributed by atoms with van der Waals surface area (Å²) in [5.41, 5.74) is -2.99. The Hall–Kier alpha value is -6.05. The highest BCUT2D eigenvalue weighted by Gasteiger charge is 2.52. The van der Waals surface area contributed by atoms with Gasteiger partial charge >= 0.3 is 24.0 Å². The van der Waals surface area contributed by atoms with Gasteiger partial charge in [-0.1, -0.05) is 42.5 Å². The van der Waals surface area contributed by atoms with E-state index in [0.717, 1.165) is 6.92 Å². The Morgan fingerprint density at radius 2 is 1.53 bits per heavy atom. The van der Waals surface area contributed by atoms with Crippen molar-refractivity contribution in [2.24, 2.45) is 0 Å². The number of ether oxygens (including phenoxy) is 5. The van der Waals surface area contributed by atoms with E-state index in [4.69, 9.17) is 29.1 Å². The molecule has 14 nitrogen and oxygen atoms in total. The molecule has 0 aliphatic carbocycles. The molecular weight excluding hydrogens is 614 g/mol. The number of alkyl carbamates (subject to hydrolysis) is 1. The van der Waals surface area contributed by atoms with E-state index in [-0.39, 0.29) is 41.4 Å². The molecule has 0 saturated heterocycles. The summed E-state index contributed by atoms with van der Waals surface area (Å²) in [5.74, 6) is -5.32. The van der Waals surface area contributed by atoms with Gasteiger partial charge in [-0.3, -0.25) is 19.8 Å². The smallest absolute Gasteiger partial charge is 0.413 e. The van der Waals surface area contributed by atoms with Gasteiger partial charge in [0.2, 0.25) is 0 Å². The first-order valence-electron chi connectivity index (χ1n) is 14.2. The minimum atomic E-state index is -2.76. The van der Waals surface area contributed by atoms with Gasteiger partial charge in [0.1, 0.15) is 17.1 Å². The molecular formula is C33H33N3O11. The Balaban J connectivity index is 1.99. The SMILES string of the molecule is CCOC(=O)COc1ccc(C(=O)C(C)NC(=O)C(OC(=O)c2ccccc2OC(C)=O)(C(=N)OC(=O)NC)c2ccccc2)cc1. The van der Waals surface area contributed by atoms with Crippen LogP contribution in [-0.4, -0.2) is 67.9 Å². The molecule has 2 atom stereocenters. The Kier molecular flexibility index (Phi) is 12.3. The molecule has 3 rings (SSSR count). The van der Waals surface area contributed by atoms with Gasteiger partial charge in [0, 0.05) is 25.1 Å². The summed E-state index contributed by atoms with van der Waals surface area (Å²) < 4.78 is 26.0. The van der Waals surface area contributed by atoms with E-state index in [9.17, 15) is 28.8 Å². The lowest BCUT2D eigenvalue weighted by molar-refractivity contribution is -0.145. The summed E-state index contributed by atoms with van der Waals surface area (Å²) >= 11 is 0. The molecule has 0 heterocycles. The van der Waals surface area contributed by atoms with Crippen LogP contribution >= 0.6 is 0 Å². The average Bonchev–Trinajstić information content (AvgIpc) is 3.06. The number of nitrogens with one attached hydrogen (secondary N) is 3. The Labute approximate surface area is 269 Å². The molecule has 0 radical (unpaired) electrons. The van der Waals surface area contributed by atoms with Crippen LogP contribution in [0, 0.1) is 5.41 Å². The summed E-state index contributed by atoms with van der Waals surface area (Å²) in [4.78, 5) is 76.6. The minimum Gasteiger partial charge on any atom is -0.482 e. The van der Waals surface area contributed by atoms with E-state index in [0.29, 0.717) is 0 Å². The van der Waals surface area contributed by atoms with E-state index < -0.39 is 53.2 Å².